The van der Waals surface area contributed by atoms with E-state index in [1.807, 2.05) is 0 Å². The van der Waals surface area contributed by atoms with E-state index in [1.54, 1.807) is 0 Å². The van der Waals surface area contributed by atoms with Gasteiger partial charge in [-0.15, -0.1) is 0 Å². The summed E-state index contributed by atoms with van der Waals surface area (Å²) in [4.78, 5) is 0. The third-order valence-corrected chi connectivity index (χ3v) is 2.23. The molecule has 1 rings (SSSR count). The Hall–Kier alpha value is -0.0400. The lowest BCUT2D eigenvalue weighted by atomic mass is 10.1. The van der Waals surface area contributed by atoms with Crippen LogP contribution in [0.5, 0.6) is 0 Å². The van der Waals surface area contributed by atoms with Crippen LogP contribution in [0.3, 0.4) is 0 Å². The molecule has 1 aliphatic rings. The zero-order chi connectivity index (χ0) is 5.71. The first-order chi connectivity index (χ1) is 2.96. The fourth-order valence-corrected chi connectivity index (χ4v) is 0.874. The van der Waals surface area contributed by atoms with Gasteiger partial charge >= 0.3 is 0 Å². The summed E-state index contributed by atoms with van der Waals surface area (Å²) in [5.41, 5.74) is 6.31. The van der Waals surface area contributed by atoms with E-state index in [4.69, 9.17) is 5.73 Å². The maximum atomic E-state index is 5.74. The van der Waals surface area contributed by atoms with E-state index in [0.717, 1.165) is 0 Å². The topological polar surface area (TPSA) is 26.0 Å². The van der Waals surface area contributed by atoms with Gasteiger partial charge in [0, 0.05) is 5.54 Å². The van der Waals surface area contributed by atoms with Crippen LogP contribution < -0.4 is 5.73 Å². The Balaban J connectivity index is 2.59. The number of rotatable bonds is 0. The fraction of sp³-hybridized carbons (Fsp3) is 1.00. The van der Waals surface area contributed by atoms with Crippen molar-refractivity contribution in [3.05, 3.63) is 0 Å². The van der Waals surface area contributed by atoms with E-state index in [9.17, 15) is 0 Å². The second-order valence-corrected chi connectivity index (χ2v) is 3.48. The molecule has 1 nitrogen and oxygen atoms in total. The van der Waals surface area contributed by atoms with Gasteiger partial charge in [-0.1, -0.05) is 13.8 Å². The summed E-state index contributed by atoms with van der Waals surface area (Å²) in [7, 11) is 0. The molecule has 0 spiro atoms. The van der Waals surface area contributed by atoms with Crippen molar-refractivity contribution in [2.24, 2.45) is 11.1 Å². The maximum Gasteiger partial charge on any atom is 0.0183 e. The summed E-state index contributed by atoms with van der Waals surface area (Å²) >= 11 is 0. The Morgan fingerprint density at radius 1 is 1.29 bits per heavy atom. The highest BCUT2D eigenvalue weighted by Gasteiger charge is 2.54. The summed E-state index contributed by atoms with van der Waals surface area (Å²) in [5, 5.41) is 0. The Morgan fingerprint density at radius 3 is 1.43 bits per heavy atom. The molecule has 1 saturated carbocycles. The van der Waals surface area contributed by atoms with Crippen LogP contribution >= 0.6 is 0 Å². The zero-order valence-corrected chi connectivity index (χ0v) is 5.28. The fourth-order valence-electron chi connectivity index (χ4n) is 0.874. The molecule has 0 aromatic heterocycles. The summed E-state index contributed by atoms with van der Waals surface area (Å²) in [6, 6.07) is 0. The van der Waals surface area contributed by atoms with E-state index >= 15 is 0 Å². The smallest absolute Gasteiger partial charge is 0.0183 e. The molecule has 1 heteroatoms. The third kappa shape index (κ3) is 0.556. The molecule has 0 aromatic carbocycles. The molecule has 1 atom stereocenters. The lowest BCUT2D eigenvalue weighted by molar-refractivity contribution is 0.525. The van der Waals surface area contributed by atoms with Crippen LogP contribution in [0.2, 0.25) is 0 Å². The van der Waals surface area contributed by atoms with Crippen LogP contribution in [0, 0.1) is 5.41 Å². The van der Waals surface area contributed by atoms with Crippen molar-refractivity contribution in [2.75, 3.05) is 0 Å². The largest absolute Gasteiger partial charge is 0.325 e. The van der Waals surface area contributed by atoms with E-state index < -0.39 is 0 Å². The molecule has 0 amide bonds. The molecule has 0 aliphatic heterocycles. The van der Waals surface area contributed by atoms with Crippen molar-refractivity contribution in [1.82, 2.24) is 0 Å². The molecule has 1 aliphatic carbocycles. The standard InChI is InChI=1S/C6H13N/c1-5(2)4-6(5,3)7/h4,7H2,1-3H3/t6-/m1/s1. The Bertz CT molecular complexity index is 80.4. The van der Waals surface area contributed by atoms with Crippen LogP contribution in [-0.2, 0) is 0 Å². The molecule has 7 heavy (non-hydrogen) atoms. The molecule has 0 unspecified atom stereocenters. The number of nitrogens with two attached hydrogens (primary N) is 1. The van der Waals surface area contributed by atoms with Gasteiger partial charge in [0.15, 0.2) is 0 Å². The Labute approximate surface area is 44.9 Å². The monoisotopic (exact) mass is 99.1 g/mol. The predicted molar refractivity (Wildman–Crippen MR) is 31.0 cm³/mol. The lowest BCUT2D eigenvalue weighted by Gasteiger charge is -2.04. The van der Waals surface area contributed by atoms with Crippen LogP contribution in [-0.4, -0.2) is 5.54 Å². The first-order valence-electron chi connectivity index (χ1n) is 2.75. The van der Waals surface area contributed by atoms with Crippen molar-refractivity contribution < 1.29 is 0 Å². The molecule has 0 radical (unpaired) electrons. The van der Waals surface area contributed by atoms with Crippen molar-refractivity contribution in [2.45, 2.75) is 32.7 Å². The van der Waals surface area contributed by atoms with Crippen molar-refractivity contribution in [3.8, 4) is 0 Å². The average Bonchev–Trinajstić information content (AvgIpc) is 1.63. The molecule has 0 aromatic rings. The summed E-state index contributed by atoms with van der Waals surface area (Å²) < 4.78 is 0. The number of hydrogen-bond donors (Lipinski definition) is 1. The third-order valence-electron chi connectivity index (χ3n) is 2.23. The van der Waals surface area contributed by atoms with Crippen LogP contribution in [0.25, 0.3) is 0 Å². The maximum absolute atomic E-state index is 5.74. The van der Waals surface area contributed by atoms with Crippen molar-refractivity contribution in [1.29, 1.82) is 0 Å². The predicted octanol–water partition coefficient (Wildman–Crippen LogP) is 1.13. The van der Waals surface area contributed by atoms with Crippen LogP contribution in [0.1, 0.15) is 27.2 Å². The van der Waals surface area contributed by atoms with Crippen LogP contribution in [0.15, 0.2) is 0 Å². The highest BCUT2D eigenvalue weighted by molar-refractivity contribution is 5.11. The van der Waals surface area contributed by atoms with E-state index in [1.165, 1.54) is 6.42 Å². The highest BCUT2D eigenvalue weighted by atomic mass is 14.9. The average molecular weight is 99.2 g/mol. The molecule has 0 heterocycles. The van der Waals surface area contributed by atoms with Gasteiger partial charge in [0.05, 0.1) is 0 Å². The SMILES string of the molecule is CC1(C)C[C@@]1(C)N. The van der Waals surface area contributed by atoms with Gasteiger partial charge in [-0.3, -0.25) is 0 Å². The van der Waals surface area contributed by atoms with Crippen molar-refractivity contribution >= 4 is 0 Å². The quantitative estimate of drug-likeness (QED) is 0.484. The summed E-state index contributed by atoms with van der Waals surface area (Å²) in [6.07, 6.45) is 1.18. The second-order valence-electron chi connectivity index (χ2n) is 3.48. The van der Waals surface area contributed by atoms with E-state index in [2.05, 4.69) is 20.8 Å². The Morgan fingerprint density at radius 2 is 1.43 bits per heavy atom. The van der Waals surface area contributed by atoms with Gasteiger partial charge in [-0.05, 0) is 18.8 Å². The minimum absolute atomic E-state index is 0.146. The van der Waals surface area contributed by atoms with E-state index in [-0.39, 0.29) is 5.54 Å². The molecule has 0 saturated heterocycles. The van der Waals surface area contributed by atoms with Crippen molar-refractivity contribution in [3.63, 3.8) is 0 Å². The molecule has 0 bridgehead atoms. The summed E-state index contributed by atoms with van der Waals surface area (Å²) in [6.45, 7) is 6.51. The minimum Gasteiger partial charge on any atom is -0.325 e. The molecule has 1 fully saturated rings. The molecular weight excluding hydrogens is 86.1 g/mol. The lowest BCUT2D eigenvalue weighted by Crippen LogP contribution is -2.22. The first kappa shape index (κ1) is 5.10. The number of hydrogen-bond acceptors (Lipinski definition) is 1. The molecule has 42 valence electrons. The normalized spacial score (nSPS) is 46.3. The first-order valence-corrected chi connectivity index (χ1v) is 2.75. The van der Waals surface area contributed by atoms with Gasteiger partial charge in [0.2, 0.25) is 0 Å². The van der Waals surface area contributed by atoms with Gasteiger partial charge < -0.3 is 5.73 Å². The Kier molecular flexibility index (Phi) is 0.636. The van der Waals surface area contributed by atoms with Crippen LogP contribution in [0.4, 0.5) is 0 Å². The van der Waals surface area contributed by atoms with Gasteiger partial charge in [-0.2, -0.15) is 0 Å². The van der Waals surface area contributed by atoms with Gasteiger partial charge in [-0.25, -0.2) is 0 Å². The minimum atomic E-state index is 0.146. The van der Waals surface area contributed by atoms with Gasteiger partial charge in [0.1, 0.15) is 0 Å². The van der Waals surface area contributed by atoms with E-state index in [0.29, 0.717) is 5.41 Å². The molecular formula is C6H13N. The van der Waals surface area contributed by atoms with Gasteiger partial charge in [0.25, 0.3) is 0 Å². The molecule has 2 N–H and O–H groups in total. The zero-order valence-electron chi connectivity index (χ0n) is 5.28. The highest BCUT2D eigenvalue weighted by Crippen LogP contribution is 2.52. The second kappa shape index (κ2) is 0.873. The summed E-state index contributed by atoms with van der Waals surface area (Å²) in [5.74, 6) is 0.